The van der Waals surface area contributed by atoms with Gasteiger partial charge in [-0.05, 0) is 50.0 Å². The molecule has 3 nitrogen and oxygen atoms in total. The second kappa shape index (κ2) is 5.41. The van der Waals surface area contributed by atoms with Gasteiger partial charge >= 0.3 is 5.97 Å². The number of likely N-dealkylation sites (tertiary alicyclic amines) is 1. The Labute approximate surface area is 116 Å². The molecule has 0 bridgehead atoms. The number of halogens is 1. The van der Waals surface area contributed by atoms with E-state index < -0.39 is 11.5 Å². The molecule has 1 aliphatic heterocycles. The zero-order valence-electron chi connectivity index (χ0n) is 10.5. The van der Waals surface area contributed by atoms with Crippen molar-refractivity contribution in [1.82, 2.24) is 4.90 Å². The van der Waals surface area contributed by atoms with Gasteiger partial charge in [0.15, 0.2) is 0 Å². The Kier molecular flexibility index (Phi) is 4.07. The Balaban J connectivity index is 2.50. The van der Waals surface area contributed by atoms with E-state index in [1.807, 2.05) is 31.2 Å². The molecule has 4 heteroatoms. The van der Waals surface area contributed by atoms with Gasteiger partial charge in [-0.1, -0.05) is 35.0 Å². The first-order valence-corrected chi connectivity index (χ1v) is 7.15. The maximum Gasteiger partial charge on any atom is 0.328 e. The number of hydrogen-bond acceptors (Lipinski definition) is 2. The minimum absolute atomic E-state index is 0.582. The average molecular weight is 312 g/mol. The fraction of sp³-hybridized carbons (Fsp3) is 0.500. The van der Waals surface area contributed by atoms with Crippen LogP contribution >= 0.6 is 15.9 Å². The van der Waals surface area contributed by atoms with E-state index in [0.717, 1.165) is 36.0 Å². The number of carboxylic acid groups (broad SMARTS) is 1. The van der Waals surface area contributed by atoms with Gasteiger partial charge in [0.2, 0.25) is 0 Å². The molecule has 1 unspecified atom stereocenters. The van der Waals surface area contributed by atoms with Crippen LogP contribution in [0.25, 0.3) is 0 Å². The Hall–Kier alpha value is -0.870. The summed E-state index contributed by atoms with van der Waals surface area (Å²) in [5.41, 5.74) is -0.00549. The van der Waals surface area contributed by atoms with E-state index in [2.05, 4.69) is 20.8 Å². The van der Waals surface area contributed by atoms with Gasteiger partial charge in [0.05, 0.1) is 0 Å². The second-order valence-corrected chi connectivity index (χ2v) is 5.64. The van der Waals surface area contributed by atoms with Gasteiger partial charge in [-0.25, -0.2) is 4.79 Å². The second-order valence-electron chi connectivity index (χ2n) is 4.72. The zero-order valence-corrected chi connectivity index (χ0v) is 12.1. The Morgan fingerprint density at radius 3 is 2.61 bits per heavy atom. The van der Waals surface area contributed by atoms with Crippen molar-refractivity contribution in [1.29, 1.82) is 0 Å². The number of nitrogens with zero attached hydrogens (tertiary/aromatic N) is 1. The Morgan fingerprint density at radius 1 is 1.44 bits per heavy atom. The molecule has 0 aromatic heterocycles. The van der Waals surface area contributed by atoms with Gasteiger partial charge in [0, 0.05) is 4.47 Å². The third-order valence-corrected chi connectivity index (χ3v) is 4.31. The minimum atomic E-state index is -0.875. The van der Waals surface area contributed by atoms with E-state index >= 15 is 0 Å². The first-order chi connectivity index (χ1) is 8.61. The molecular formula is C14H18BrNO2. The minimum Gasteiger partial charge on any atom is -0.480 e. The van der Waals surface area contributed by atoms with Crippen LogP contribution in [0.2, 0.25) is 0 Å². The maximum absolute atomic E-state index is 11.9. The van der Waals surface area contributed by atoms with Crippen molar-refractivity contribution in [2.24, 2.45) is 0 Å². The summed E-state index contributed by atoms with van der Waals surface area (Å²) in [5, 5.41) is 9.77. The van der Waals surface area contributed by atoms with Crippen LogP contribution in [-0.4, -0.2) is 29.1 Å². The first-order valence-electron chi connectivity index (χ1n) is 6.35. The lowest BCUT2D eigenvalue weighted by molar-refractivity contribution is -0.152. The number of aliphatic carboxylic acids is 1. The molecule has 18 heavy (non-hydrogen) atoms. The van der Waals surface area contributed by atoms with Crippen molar-refractivity contribution in [3.05, 3.63) is 34.3 Å². The van der Waals surface area contributed by atoms with Crippen molar-refractivity contribution >= 4 is 21.9 Å². The first kappa shape index (κ1) is 13.6. The summed E-state index contributed by atoms with van der Waals surface area (Å²) in [7, 11) is 0. The quantitative estimate of drug-likeness (QED) is 0.928. The number of benzene rings is 1. The highest BCUT2D eigenvalue weighted by molar-refractivity contribution is 9.10. The van der Waals surface area contributed by atoms with Crippen LogP contribution in [0.4, 0.5) is 0 Å². The van der Waals surface area contributed by atoms with Crippen LogP contribution < -0.4 is 0 Å². The molecule has 1 fully saturated rings. The van der Waals surface area contributed by atoms with Gasteiger partial charge in [-0.15, -0.1) is 0 Å². The summed E-state index contributed by atoms with van der Waals surface area (Å²) < 4.78 is 0.929. The lowest BCUT2D eigenvalue weighted by Crippen LogP contribution is -2.50. The van der Waals surface area contributed by atoms with Crippen molar-refractivity contribution in [3.63, 3.8) is 0 Å². The number of carboxylic acids is 1. The Bertz CT molecular complexity index is 443. The molecule has 98 valence electrons. The maximum atomic E-state index is 11.9. The fourth-order valence-electron chi connectivity index (χ4n) is 2.86. The molecule has 0 saturated carbocycles. The topological polar surface area (TPSA) is 40.5 Å². The molecule has 1 atom stereocenters. The van der Waals surface area contributed by atoms with E-state index in [0.29, 0.717) is 6.42 Å². The summed E-state index contributed by atoms with van der Waals surface area (Å²) in [5.74, 6) is -0.745. The van der Waals surface area contributed by atoms with Gasteiger partial charge < -0.3 is 5.11 Å². The summed E-state index contributed by atoms with van der Waals surface area (Å²) in [6, 6.07) is 7.68. The molecule has 1 N–H and O–H groups in total. The van der Waals surface area contributed by atoms with Gasteiger partial charge in [0.1, 0.15) is 5.54 Å². The van der Waals surface area contributed by atoms with Crippen molar-refractivity contribution in [3.8, 4) is 0 Å². The molecule has 2 rings (SSSR count). The third-order valence-electron chi connectivity index (χ3n) is 3.81. The molecule has 0 amide bonds. The van der Waals surface area contributed by atoms with E-state index in [4.69, 9.17) is 0 Å². The summed E-state index contributed by atoms with van der Waals surface area (Å²) in [6.07, 6.45) is 2.75. The molecule has 0 radical (unpaired) electrons. The lowest BCUT2D eigenvalue weighted by Gasteiger charge is -2.38. The fourth-order valence-corrected chi connectivity index (χ4v) is 3.26. The third kappa shape index (κ3) is 2.19. The van der Waals surface area contributed by atoms with Crippen LogP contribution in [0.3, 0.4) is 0 Å². The average Bonchev–Trinajstić information content (AvgIpc) is 2.84. The van der Waals surface area contributed by atoms with Crippen LogP contribution in [0, 0.1) is 0 Å². The van der Waals surface area contributed by atoms with E-state index in [1.165, 1.54) is 0 Å². The summed E-state index contributed by atoms with van der Waals surface area (Å²) in [6.45, 7) is 3.69. The predicted molar refractivity (Wildman–Crippen MR) is 74.6 cm³/mol. The molecule has 1 heterocycles. The van der Waals surface area contributed by atoms with Crippen LogP contribution in [0.5, 0.6) is 0 Å². The number of hydrogen-bond donors (Lipinski definition) is 1. The van der Waals surface area contributed by atoms with Gasteiger partial charge in [-0.2, -0.15) is 0 Å². The van der Waals surface area contributed by atoms with E-state index in [9.17, 15) is 9.90 Å². The largest absolute Gasteiger partial charge is 0.480 e. The predicted octanol–water partition coefficient (Wildman–Crippen LogP) is 3.23. The van der Waals surface area contributed by atoms with E-state index in [-0.39, 0.29) is 0 Å². The molecular weight excluding hydrogens is 294 g/mol. The SMILES string of the molecule is CCC(C(=O)O)(c1cccc(Br)c1)N1CCCC1. The van der Waals surface area contributed by atoms with Gasteiger partial charge in [-0.3, -0.25) is 4.90 Å². The lowest BCUT2D eigenvalue weighted by atomic mass is 9.85. The van der Waals surface area contributed by atoms with E-state index in [1.54, 1.807) is 0 Å². The Morgan fingerprint density at radius 2 is 2.11 bits per heavy atom. The highest BCUT2D eigenvalue weighted by Crippen LogP contribution is 2.36. The number of rotatable bonds is 4. The van der Waals surface area contributed by atoms with Crippen molar-refractivity contribution in [2.75, 3.05) is 13.1 Å². The summed E-state index contributed by atoms with van der Waals surface area (Å²) in [4.78, 5) is 14.0. The molecule has 0 aliphatic carbocycles. The molecule has 1 aliphatic rings. The van der Waals surface area contributed by atoms with Crippen LogP contribution in [0.15, 0.2) is 28.7 Å². The highest BCUT2D eigenvalue weighted by atomic mass is 79.9. The van der Waals surface area contributed by atoms with Crippen LogP contribution in [-0.2, 0) is 10.3 Å². The monoisotopic (exact) mass is 311 g/mol. The molecule has 0 spiro atoms. The zero-order chi connectivity index (χ0) is 13.2. The number of carbonyl (C=O) groups is 1. The summed E-state index contributed by atoms with van der Waals surface area (Å²) >= 11 is 3.43. The van der Waals surface area contributed by atoms with Crippen LogP contribution in [0.1, 0.15) is 31.7 Å². The normalized spacial score (nSPS) is 19.7. The van der Waals surface area contributed by atoms with Crippen molar-refractivity contribution < 1.29 is 9.90 Å². The molecule has 1 saturated heterocycles. The highest BCUT2D eigenvalue weighted by Gasteiger charge is 2.45. The molecule has 1 aromatic carbocycles. The van der Waals surface area contributed by atoms with Gasteiger partial charge in [0.25, 0.3) is 0 Å². The van der Waals surface area contributed by atoms with Crippen molar-refractivity contribution in [2.45, 2.75) is 31.7 Å². The smallest absolute Gasteiger partial charge is 0.328 e. The molecule has 1 aromatic rings. The standard InChI is InChI=1S/C14H18BrNO2/c1-2-14(13(17)18,16-8-3-4-9-16)11-6-5-7-12(15)10-11/h5-7,10H,2-4,8-9H2,1H3,(H,17,18).